The highest BCUT2D eigenvalue weighted by molar-refractivity contribution is 6.37. The third kappa shape index (κ3) is 5.46. The predicted molar refractivity (Wildman–Crippen MR) is 130 cm³/mol. The van der Waals surface area contributed by atoms with Crippen molar-refractivity contribution in [2.75, 3.05) is 38.0 Å². The fourth-order valence-corrected chi connectivity index (χ4v) is 5.32. The number of amides is 2. The summed E-state index contributed by atoms with van der Waals surface area (Å²) in [6.07, 6.45) is 0.389. The van der Waals surface area contributed by atoms with Gasteiger partial charge in [-0.1, -0.05) is 40.9 Å². The number of anilines is 1. The van der Waals surface area contributed by atoms with E-state index in [1.54, 1.807) is 11.0 Å². The molecule has 2 saturated heterocycles. The molecular formula is C24H25Cl3FN3O2. The van der Waals surface area contributed by atoms with E-state index < -0.39 is 6.67 Å². The van der Waals surface area contributed by atoms with E-state index in [9.17, 15) is 14.0 Å². The van der Waals surface area contributed by atoms with Gasteiger partial charge >= 0.3 is 0 Å². The monoisotopic (exact) mass is 511 g/mol. The van der Waals surface area contributed by atoms with Gasteiger partial charge in [-0.05, 0) is 48.6 Å². The molecule has 4 rings (SSSR count). The number of hydrogen-bond acceptors (Lipinski definition) is 3. The Labute approximate surface area is 207 Å². The molecule has 2 aromatic carbocycles. The van der Waals surface area contributed by atoms with E-state index in [0.29, 0.717) is 54.2 Å². The second-order valence-electron chi connectivity index (χ2n) is 8.81. The molecular weight excluding hydrogens is 488 g/mol. The van der Waals surface area contributed by atoms with E-state index in [2.05, 4.69) is 10.2 Å². The van der Waals surface area contributed by atoms with Crippen LogP contribution in [0.4, 0.5) is 10.1 Å². The van der Waals surface area contributed by atoms with Gasteiger partial charge in [-0.15, -0.1) is 0 Å². The molecule has 2 unspecified atom stereocenters. The van der Waals surface area contributed by atoms with Crippen molar-refractivity contribution in [2.24, 2.45) is 11.8 Å². The molecule has 1 N–H and O–H groups in total. The molecule has 33 heavy (non-hydrogen) atoms. The second kappa shape index (κ2) is 10.2. The first kappa shape index (κ1) is 24.3. The number of fused-ring (bicyclic) bond motifs is 1. The van der Waals surface area contributed by atoms with E-state index >= 15 is 0 Å². The highest BCUT2D eigenvalue weighted by Crippen LogP contribution is 2.34. The lowest BCUT2D eigenvalue weighted by atomic mass is 10.0. The number of nitrogens with one attached hydrogen (secondary N) is 1. The van der Waals surface area contributed by atoms with Gasteiger partial charge in [0.15, 0.2) is 0 Å². The quantitative estimate of drug-likeness (QED) is 0.559. The summed E-state index contributed by atoms with van der Waals surface area (Å²) in [6, 6.07) is 8.35. The molecule has 2 fully saturated rings. The van der Waals surface area contributed by atoms with Gasteiger partial charge in [-0.2, -0.15) is 0 Å². The summed E-state index contributed by atoms with van der Waals surface area (Å²) in [6.45, 7) is 4.74. The third-order valence-corrected chi connectivity index (χ3v) is 7.54. The number of halogens is 4. The van der Waals surface area contributed by atoms with Gasteiger partial charge in [0.2, 0.25) is 5.91 Å². The highest BCUT2D eigenvalue weighted by atomic mass is 35.5. The summed E-state index contributed by atoms with van der Waals surface area (Å²) >= 11 is 18.3. The van der Waals surface area contributed by atoms with Crippen LogP contribution < -0.4 is 5.32 Å². The normalized spacial score (nSPS) is 20.2. The molecule has 2 aliphatic heterocycles. The molecule has 0 radical (unpaired) electrons. The average Bonchev–Trinajstić information content (AvgIpc) is 3.33. The van der Waals surface area contributed by atoms with Gasteiger partial charge < -0.3 is 15.1 Å². The van der Waals surface area contributed by atoms with Crippen LogP contribution in [-0.4, -0.2) is 54.3 Å². The second-order valence-corrected chi connectivity index (χ2v) is 10.0. The van der Waals surface area contributed by atoms with Gasteiger partial charge in [0.05, 0.1) is 10.6 Å². The van der Waals surface area contributed by atoms with Crippen LogP contribution in [0.15, 0.2) is 30.3 Å². The van der Waals surface area contributed by atoms with E-state index in [1.165, 1.54) is 12.1 Å². The fraction of sp³-hybridized carbons (Fsp3) is 0.417. The Hall–Kier alpha value is -1.86. The molecule has 0 aromatic heterocycles. The molecule has 176 valence electrons. The third-order valence-electron chi connectivity index (χ3n) is 6.47. The minimum atomic E-state index is -0.749. The van der Waals surface area contributed by atoms with Gasteiger partial charge in [-0.3, -0.25) is 9.59 Å². The lowest BCUT2D eigenvalue weighted by Crippen LogP contribution is -2.34. The molecule has 0 saturated carbocycles. The Kier molecular flexibility index (Phi) is 7.49. The topological polar surface area (TPSA) is 52.7 Å². The van der Waals surface area contributed by atoms with Gasteiger partial charge in [0, 0.05) is 60.4 Å². The maximum atomic E-state index is 13.2. The van der Waals surface area contributed by atoms with Crippen LogP contribution in [-0.2, 0) is 11.5 Å². The number of hydrogen-bond donors (Lipinski definition) is 1. The molecule has 0 aliphatic carbocycles. The van der Waals surface area contributed by atoms with Crippen molar-refractivity contribution in [3.63, 3.8) is 0 Å². The molecule has 0 spiro atoms. The summed E-state index contributed by atoms with van der Waals surface area (Å²) in [4.78, 5) is 29.4. The van der Waals surface area contributed by atoms with Gasteiger partial charge in [0.1, 0.15) is 6.67 Å². The van der Waals surface area contributed by atoms with Crippen LogP contribution in [0, 0.1) is 18.8 Å². The Morgan fingerprint density at radius 2 is 1.70 bits per heavy atom. The smallest absolute Gasteiger partial charge is 0.255 e. The van der Waals surface area contributed by atoms with Crippen LogP contribution >= 0.6 is 34.8 Å². The predicted octanol–water partition coefficient (Wildman–Crippen LogP) is 5.46. The summed E-state index contributed by atoms with van der Waals surface area (Å²) < 4.78 is 13.2. The maximum Gasteiger partial charge on any atom is 0.255 e. The van der Waals surface area contributed by atoms with Crippen molar-refractivity contribution >= 4 is 52.3 Å². The lowest BCUT2D eigenvalue weighted by Gasteiger charge is -2.22. The SMILES string of the molecule is Cc1ccc(NC(=O)CCN2CC3CN(C(=O)c4cc(CF)c(Cl)cc4Cl)CC3C2)cc1Cl. The summed E-state index contributed by atoms with van der Waals surface area (Å²) in [5.41, 5.74) is 2.21. The largest absolute Gasteiger partial charge is 0.338 e. The van der Waals surface area contributed by atoms with Gasteiger partial charge in [-0.25, -0.2) is 4.39 Å². The first-order valence-electron chi connectivity index (χ1n) is 10.9. The first-order chi connectivity index (χ1) is 15.7. The average molecular weight is 513 g/mol. The maximum absolute atomic E-state index is 13.2. The van der Waals surface area contributed by atoms with Crippen molar-refractivity contribution in [3.05, 3.63) is 62.1 Å². The Balaban J connectivity index is 1.27. The number of alkyl halides is 1. The van der Waals surface area contributed by atoms with E-state index in [-0.39, 0.29) is 27.4 Å². The van der Waals surface area contributed by atoms with Crippen LogP contribution in [0.3, 0.4) is 0 Å². The zero-order chi connectivity index (χ0) is 23.7. The molecule has 2 aliphatic rings. The number of rotatable bonds is 6. The van der Waals surface area contributed by atoms with Crippen LogP contribution in [0.25, 0.3) is 0 Å². The Morgan fingerprint density at radius 1 is 1.00 bits per heavy atom. The summed E-state index contributed by atoms with van der Waals surface area (Å²) in [7, 11) is 0. The standard InChI is InChI=1S/C24H25Cl3FN3O2/c1-14-2-3-18(7-20(14)25)29-23(32)4-5-30-10-16-12-31(13-17(16)11-30)24(33)19-6-15(9-28)21(26)8-22(19)27/h2-3,6-8,16-17H,4-5,9-13H2,1H3,(H,29,32). The highest BCUT2D eigenvalue weighted by Gasteiger charge is 2.41. The number of aryl methyl sites for hydroxylation is 1. The van der Waals surface area contributed by atoms with Crippen molar-refractivity contribution in [3.8, 4) is 0 Å². The molecule has 2 heterocycles. The summed E-state index contributed by atoms with van der Waals surface area (Å²) in [5.74, 6) is 0.451. The first-order valence-corrected chi connectivity index (χ1v) is 12.0. The van der Waals surface area contributed by atoms with Gasteiger partial charge in [0.25, 0.3) is 5.91 Å². The number of benzene rings is 2. The van der Waals surface area contributed by atoms with Crippen LogP contribution in [0.2, 0.25) is 15.1 Å². The van der Waals surface area contributed by atoms with E-state index in [4.69, 9.17) is 34.8 Å². The zero-order valence-corrected chi connectivity index (χ0v) is 20.5. The number of carbonyl (C=O) groups excluding carboxylic acids is 2. The number of nitrogens with zero attached hydrogens (tertiary/aromatic N) is 2. The van der Waals surface area contributed by atoms with Crippen molar-refractivity contribution in [2.45, 2.75) is 20.0 Å². The van der Waals surface area contributed by atoms with Crippen molar-refractivity contribution in [1.29, 1.82) is 0 Å². The molecule has 0 bridgehead atoms. The number of carbonyl (C=O) groups is 2. The lowest BCUT2D eigenvalue weighted by molar-refractivity contribution is -0.116. The Morgan fingerprint density at radius 3 is 2.33 bits per heavy atom. The van der Waals surface area contributed by atoms with E-state index in [0.717, 1.165) is 18.7 Å². The molecule has 5 nitrogen and oxygen atoms in total. The summed E-state index contributed by atoms with van der Waals surface area (Å²) in [5, 5.41) is 3.98. The van der Waals surface area contributed by atoms with Crippen LogP contribution in [0.5, 0.6) is 0 Å². The molecule has 2 aromatic rings. The zero-order valence-electron chi connectivity index (χ0n) is 18.2. The van der Waals surface area contributed by atoms with E-state index in [1.807, 2.05) is 19.1 Å². The van der Waals surface area contributed by atoms with Crippen molar-refractivity contribution in [1.82, 2.24) is 9.80 Å². The Bertz CT molecular complexity index is 1070. The molecule has 2 atom stereocenters. The minimum absolute atomic E-state index is 0.0511. The van der Waals surface area contributed by atoms with Crippen molar-refractivity contribution < 1.29 is 14.0 Å². The molecule has 9 heteroatoms. The number of likely N-dealkylation sites (tertiary alicyclic amines) is 2. The fourth-order valence-electron chi connectivity index (χ4n) is 4.62. The minimum Gasteiger partial charge on any atom is -0.338 e. The molecule has 2 amide bonds. The van der Waals surface area contributed by atoms with Crippen LogP contribution in [0.1, 0.15) is 27.9 Å².